The maximum atomic E-state index is 12.7. The Bertz CT molecular complexity index is 924. The third kappa shape index (κ3) is 5.43. The van der Waals surface area contributed by atoms with Crippen molar-refractivity contribution in [2.75, 3.05) is 38.5 Å². The van der Waals surface area contributed by atoms with Crippen LogP contribution in [-0.2, 0) is 31.0 Å². The van der Waals surface area contributed by atoms with Gasteiger partial charge in [-0.25, -0.2) is 21.6 Å². The van der Waals surface area contributed by atoms with E-state index in [9.17, 15) is 34.8 Å². The Balaban J connectivity index is 1.98. The van der Waals surface area contributed by atoms with Gasteiger partial charge in [0.1, 0.15) is 0 Å². The SMILES string of the molecule is CCS(=O)(=O)N1CCN(C(=O)CNS(=O)(=O)c2cccc(C(F)(F)F)c2)CC1. The fourth-order valence-corrected chi connectivity index (χ4v) is 4.69. The molecule has 0 radical (unpaired) electrons. The van der Waals surface area contributed by atoms with Crippen molar-refractivity contribution in [2.45, 2.75) is 18.0 Å². The topological polar surface area (TPSA) is 104 Å². The molecule has 1 saturated heterocycles. The van der Waals surface area contributed by atoms with E-state index in [2.05, 4.69) is 0 Å². The van der Waals surface area contributed by atoms with Crippen molar-refractivity contribution in [3.05, 3.63) is 29.8 Å². The Morgan fingerprint density at radius 3 is 2.25 bits per heavy atom. The lowest BCUT2D eigenvalue weighted by Crippen LogP contribution is -2.52. The summed E-state index contributed by atoms with van der Waals surface area (Å²) in [5.41, 5.74) is -1.12. The first-order valence-electron chi connectivity index (χ1n) is 8.29. The molecule has 28 heavy (non-hydrogen) atoms. The van der Waals surface area contributed by atoms with Crippen molar-refractivity contribution in [1.82, 2.24) is 13.9 Å². The summed E-state index contributed by atoms with van der Waals surface area (Å²) in [6.45, 7) is 1.27. The number of sulfonamides is 2. The molecule has 0 spiro atoms. The molecule has 0 aromatic heterocycles. The molecule has 1 aromatic rings. The number of carbonyl (C=O) groups is 1. The van der Waals surface area contributed by atoms with E-state index < -0.39 is 49.1 Å². The molecule has 1 N–H and O–H groups in total. The Kier molecular flexibility index (Phi) is 6.74. The summed E-state index contributed by atoms with van der Waals surface area (Å²) in [4.78, 5) is 12.9. The molecule has 1 aliphatic heterocycles. The van der Waals surface area contributed by atoms with Gasteiger partial charge in [-0.1, -0.05) is 6.07 Å². The van der Waals surface area contributed by atoms with Gasteiger partial charge in [-0.3, -0.25) is 4.79 Å². The molecule has 1 aromatic carbocycles. The monoisotopic (exact) mass is 443 g/mol. The zero-order chi connectivity index (χ0) is 21.2. The molecular weight excluding hydrogens is 423 g/mol. The van der Waals surface area contributed by atoms with E-state index in [1.165, 1.54) is 16.1 Å². The summed E-state index contributed by atoms with van der Waals surface area (Å²) in [5.74, 6) is -0.651. The second-order valence-electron chi connectivity index (χ2n) is 6.03. The van der Waals surface area contributed by atoms with Crippen LogP contribution in [0.2, 0.25) is 0 Å². The van der Waals surface area contributed by atoms with E-state index in [0.717, 1.165) is 18.2 Å². The van der Waals surface area contributed by atoms with Crippen molar-refractivity contribution in [2.24, 2.45) is 0 Å². The summed E-state index contributed by atoms with van der Waals surface area (Å²) >= 11 is 0. The molecule has 1 aliphatic rings. The first-order chi connectivity index (χ1) is 12.9. The van der Waals surface area contributed by atoms with Gasteiger partial charge in [-0.15, -0.1) is 0 Å². The van der Waals surface area contributed by atoms with Gasteiger partial charge in [0, 0.05) is 26.2 Å². The summed E-state index contributed by atoms with van der Waals surface area (Å²) < 4.78 is 89.4. The highest BCUT2D eigenvalue weighted by molar-refractivity contribution is 7.89. The van der Waals surface area contributed by atoms with E-state index in [-0.39, 0.29) is 31.9 Å². The molecule has 8 nitrogen and oxygen atoms in total. The number of benzene rings is 1. The third-order valence-corrected chi connectivity index (χ3v) is 7.52. The van der Waals surface area contributed by atoms with Crippen LogP contribution in [0.5, 0.6) is 0 Å². The summed E-state index contributed by atoms with van der Waals surface area (Å²) in [5, 5.41) is 0. The van der Waals surface area contributed by atoms with Gasteiger partial charge in [0.15, 0.2) is 0 Å². The standard InChI is InChI=1S/C15H20F3N3O5S2/c1-2-27(23,24)21-8-6-20(7-9-21)14(22)11-19-28(25,26)13-5-3-4-12(10-13)15(16,17)18/h3-5,10,19H,2,6-9,11H2,1H3. The third-order valence-electron chi connectivity index (χ3n) is 4.23. The lowest BCUT2D eigenvalue weighted by Gasteiger charge is -2.33. The highest BCUT2D eigenvalue weighted by atomic mass is 32.2. The quantitative estimate of drug-likeness (QED) is 0.689. The molecule has 2 rings (SSSR count). The smallest absolute Gasteiger partial charge is 0.339 e. The van der Waals surface area contributed by atoms with Gasteiger partial charge in [-0.05, 0) is 25.1 Å². The number of carbonyl (C=O) groups excluding carboxylic acids is 1. The van der Waals surface area contributed by atoms with Crippen LogP contribution in [-0.4, -0.2) is 70.4 Å². The minimum absolute atomic E-state index is 0.0578. The lowest BCUT2D eigenvalue weighted by atomic mass is 10.2. The van der Waals surface area contributed by atoms with Crippen LogP contribution in [0.1, 0.15) is 12.5 Å². The van der Waals surface area contributed by atoms with Crippen LogP contribution in [0, 0.1) is 0 Å². The summed E-state index contributed by atoms with van der Waals surface area (Å²) in [6, 6.07) is 3.19. The van der Waals surface area contributed by atoms with Crippen molar-refractivity contribution < 1.29 is 34.8 Å². The zero-order valence-electron chi connectivity index (χ0n) is 14.9. The molecule has 0 saturated carbocycles. The maximum absolute atomic E-state index is 12.7. The van der Waals surface area contributed by atoms with Crippen LogP contribution < -0.4 is 4.72 Å². The highest BCUT2D eigenvalue weighted by Crippen LogP contribution is 2.30. The zero-order valence-corrected chi connectivity index (χ0v) is 16.6. The number of amides is 1. The molecule has 1 heterocycles. The second-order valence-corrected chi connectivity index (χ2v) is 10.1. The van der Waals surface area contributed by atoms with Crippen LogP contribution in [0.25, 0.3) is 0 Å². The normalized spacial score (nSPS) is 16.9. The number of hydrogen-bond donors (Lipinski definition) is 1. The van der Waals surface area contributed by atoms with E-state index in [0.29, 0.717) is 6.07 Å². The number of nitrogens with zero attached hydrogens (tertiary/aromatic N) is 2. The number of rotatable bonds is 6. The van der Waals surface area contributed by atoms with Crippen LogP contribution in [0.4, 0.5) is 13.2 Å². The fraction of sp³-hybridized carbons (Fsp3) is 0.533. The molecule has 0 aliphatic carbocycles. The van der Waals surface area contributed by atoms with Gasteiger partial charge in [0.05, 0.1) is 22.8 Å². The predicted molar refractivity (Wildman–Crippen MR) is 94.2 cm³/mol. The molecule has 1 fully saturated rings. The lowest BCUT2D eigenvalue weighted by molar-refractivity contribution is -0.137. The van der Waals surface area contributed by atoms with Gasteiger partial charge in [-0.2, -0.15) is 17.5 Å². The molecule has 0 unspecified atom stereocenters. The van der Waals surface area contributed by atoms with Gasteiger partial charge in [0.2, 0.25) is 26.0 Å². The molecule has 158 valence electrons. The number of nitrogens with one attached hydrogen (secondary N) is 1. The molecular formula is C15H20F3N3O5S2. The van der Waals surface area contributed by atoms with Crippen LogP contribution >= 0.6 is 0 Å². The van der Waals surface area contributed by atoms with Crippen molar-refractivity contribution in [3.8, 4) is 0 Å². The fourth-order valence-electron chi connectivity index (χ4n) is 2.59. The molecule has 0 atom stereocenters. The molecule has 1 amide bonds. The average molecular weight is 443 g/mol. The molecule has 13 heteroatoms. The van der Waals surface area contributed by atoms with Crippen molar-refractivity contribution >= 4 is 26.0 Å². The van der Waals surface area contributed by atoms with Crippen molar-refractivity contribution in [1.29, 1.82) is 0 Å². The largest absolute Gasteiger partial charge is 0.416 e. The number of piperazine rings is 1. The van der Waals surface area contributed by atoms with Gasteiger partial charge < -0.3 is 4.90 Å². The van der Waals surface area contributed by atoms with Crippen LogP contribution in [0.3, 0.4) is 0 Å². The first-order valence-corrected chi connectivity index (χ1v) is 11.4. The Morgan fingerprint density at radius 2 is 1.71 bits per heavy atom. The Hall–Kier alpha value is -1.70. The van der Waals surface area contributed by atoms with E-state index >= 15 is 0 Å². The van der Waals surface area contributed by atoms with E-state index in [1.807, 2.05) is 4.72 Å². The molecule has 0 bridgehead atoms. The maximum Gasteiger partial charge on any atom is 0.416 e. The van der Waals surface area contributed by atoms with E-state index in [4.69, 9.17) is 0 Å². The first kappa shape index (κ1) is 22.6. The van der Waals surface area contributed by atoms with Crippen LogP contribution in [0.15, 0.2) is 29.2 Å². The van der Waals surface area contributed by atoms with E-state index in [1.54, 1.807) is 0 Å². The summed E-state index contributed by atoms with van der Waals surface area (Å²) in [6.07, 6.45) is -4.69. The Morgan fingerprint density at radius 1 is 1.11 bits per heavy atom. The van der Waals surface area contributed by atoms with Gasteiger partial charge in [0.25, 0.3) is 0 Å². The van der Waals surface area contributed by atoms with Gasteiger partial charge >= 0.3 is 6.18 Å². The van der Waals surface area contributed by atoms with Crippen molar-refractivity contribution in [3.63, 3.8) is 0 Å². The second kappa shape index (κ2) is 8.35. The number of alkyl halides is 3. The predicted octanol–water partition coefficient (Wildman–Crippen LogP) is 0.478. The number of halogens is 3. The highest BCUT2D eigenvalue weighted by Gasteiger charge is 2.32. The summed E-state index contributed by atoms with van der Waals surface area (Å²) in [7, 11) is -7.68. The average Bonchev–Trinajstić information content (AvgIpc) is 2.65. The minimum atomic E-state index is -4.69. The minimum Gasteiger partial charge on any atom is -0.339 e. The Labute approximate surface area is 161 Å². The number of hydrogen-bond acceptors (Lipinski definition) is 5.